The number of carbonyl (C=O) groups excluding carboxylic acids is 2. The fraction of sp³-hybridized carbons (Fsp3) is 0.185. The summed E-state index contributed by atoms with van der Waals surface area (Å²) in [5.74, 6) is -0.516. The van der Waals surface area contributed by atoms with Crippen molar-refractivity contribution in [3.05, 3.63) is 100 Å². The number of amides is 2. The average Bonchev–Trinajstić information content (AvgIpc) is 3.45. The number of nitrogens with one attached hydrogen (secondary N) is 1. The predicted molar refractivity (Wildman–Crippen MR) is 145 cm³/mol. The lowest BCUT2D eigenvalue weighted by Gasteiger charge is -2.23. The monoisotopic (exact) mass is 546 g/mol. The summed E-state index contributed by atoms with van der Waals surface area (Å²) in [7, 11) is 0. The molecule has 2 amide bonds. The molecule has 0 unspecified atom stereocenters. The Morgan fingerprint density at radius 3 is 2.49 bits per heavy atom. The number of aryl methyl sites for hydroxylation is 1. The number of hydrogen-bond donors (Lipinski definition) is 1. The molecule has 0 radical (unpaired) electrons. The molecule has 0 spiro atoms. The van der Waals surface area contributed by atoms with Crippen LogP contribution in [0.3, 0.4) is 0 Å². The van der Waals surface area contributed by atoms with Gasteiger partial charge in [0.15, 0.2) is 5.17 Å². The molecule has 176 valence electrons. The third kappa shape index (κ3) is 5.39. The van der Waals surface area contributed by atoms with Crippen molar-refractivity contribution in [1.82, 2.24) is 5.01 Å². The van der Waals surface area contributed by atoms with E-state index in [9.17, 15) is 9.59 Å². The number of benzene rings is 3. The van der Waals surface area contributed by atoms with Crippen molar-refractivity contribution in [3.8, 4) is 0 Å². The van der Waals surface area contributed by atoms with Crippen LogP contribution in [0.4, 0.5) is 5.69 Å². The molecule has 2 aliphatic rings. The molecule has 0 fully saturated rings. The van der Waals surface area contributed by atoms with E-state index < -0.39 is 5.25 Å². The maximum atomic E-state index is 12.7. The highest BCUT2D eigenvalue weighted by Crippen LogP contribution is 2.38. The second kappa shape index (κ2) is 10.2. The first-order valence-electron chi connectivity index (χ1n) is 11.3. The minimum atomic E-state index is -0.570. The standard InChI is InChI=1S/C27H23BrN4O2S/c1-17-7-9-19(10-8-17)23-15-22(18-11-13-20(28)14-12-18)31-32(23)27-30-26(34)24(35-27)16-25(33)29-21-5-3-2-4-6-21/h2-14,23-24H,15-16H2,1H3,(H,29,33)/t23-,24-/m1/s1. The first-order valence-corrected chi connectivity index (χ1v) is 13.0. The minimum absolute atomic E-state index is 0.0533. The van der Waals surface area contributed by atoms with E-state index in [1.807, 2.05) is 59.6 Å². The predicted octanol–water partition coefficient (Wildman–Crippen LogP) is 5.94. The summed E-state index contributed by atoms with van der Waals surface area (Å²) in [6.07, 6.45) is 0.745. The summed E-state index contributed by atoms with van der Waals surface area (Å²) < 4.78 is 1.00. The zero-order chi connectivity index (χ0) is 24.4. The number of hydrazone groups is 1. The number of aliphatic imine (C=N–C) groups is 1. The number of anilines is 1. The molecule has 0 saturated carbocycles. The van der Waals surface area contributed by atoms with Gasteiger partial charge in [-0.05, 0) is 42.3 Å². The molecule has 8 heteroatoms. The van der Waals surface area contributed by atoms with Crippen LogP contribution >= 0.6 is 27.7 Å². The molecule has 0 bridgehead atoms. The Morgan fingerprint density at radius 1 is 1.06 bits per heavy atom. The first-order chi connectivity index (χ1) is 17.0. The quantitative estimate of drug-likeness (QED) is 0.430. The third-order valence-corrected chi connectivity index (χ3v) is 7.57. The molecule has 6 nitrogen and oxygen atoms in total. The number of thioether (sulfide) groups is 1. The van der Waals surface area contributed by atoms with Crippen LogP contribution in [0.1, 0.15) is 35.6 Å². The molecule has 0 aliphatic carbocycles. The fourth-order valence-corrected chi connectivity index (χ4v) is 5.38. The highest BCUT2D eigenvalue weighted by Gasteiger charge is 2.39. The molecule has 1 N–H and O–H groups in total. The van der Waals surface area contributed by atoms with Crippen molar-refractivity contribution in [2.45, 2.75) is 31.1 Å². The number of para-hydroxylation sites is 1. The van der Waals surface area contributed by atoms with E-state index >= 15 is 0 Å². The number of amidine groups is 1. The molecule has 0 aromatic heterocycles. The van der Waals surface area contributed by atoms with Gasteiger partial charge in [-0.1, -0.05) is 87.9 Å². The summed E-state index contributed by atoms with van der Waals surface area (Å²) in [6, 6.07) is 25.6. The average molecular weight is 547 g/mol. The zero-order valence-electron chi connectivity index (χ0n) is 19.0. The van der Waals surface area contributed by atoms with Crippen LogP contribution in [0, 0.1) is 6.92 Å². The highest BCUT2D eigenvalue weighted by atomic mass is 79.9. The summed E-state index contributed by atoms with van der Waals surface area (Å²) in [5.41, 5.74) is 4.95. The van der Waals surface area contributed by atoms with Gasteiger partial charge in [0.1, 0.15) is 5.25 Å². The largest absolute Gasteiger partial charge is 0.326 e. The summed E-state index contributed by atoms with van der Waals surface area (Å²) >= 11 is 4.79. The highest BCUT2D eigenvalue weighted by molar-refractivity contribution is 9.10. The van der Waals surface area contributed by atoms with Crippen molar-refractivity contribution >= 4 is 56.1 Å². The second-order valence-electron chi connectivity index (χ2n) is 8.49. The smallest absolute Gasteiger partial charge is 0.262 e. The van der Waals surface area contributed by atoms with Gasteiger partial charge in [0.2, 0.25) is 5.91 Å². The van der Waals surface area contributed by atoms with Crippen molar-refractivity contribution in [2.75, 3.05) is 5.32 Å². The molecule has 2 atom stereocenters. The molecule has 3 aromatic carbocycles. The van der Waals surface area contributed by atoms with E-state index in [2.05, 4.69) is 57.4 Å². The summed E-state index contributed by atoms with van der Waals surface area (Å²) in [5, 5.41) is 9.55. The van der Waals surface area contributed by atoms with Crippen LogP contribution in [0.15, 0.2) is 93.4 Å². The Kier molecular flexibility index (Phi) is 6.83. The van der Waals surface area contributed by atoms with Crippen LogP contribution in [0.5, 0.6) is 0 Å². The molecule has 5 rings (SSSR count). The maximum Gasteiger partial charge on any atom is 0.262 e. The first kappa shape index (κ1) is 23.5. The lowest BCUT2D eigenvalue weighted by molar-refractivity contribution is -0.121. The fourth-order valence-electron chi connectivity index (χ4n) is 4.06. The summed E-state index contributed by atoms with van der Waals surface area (Å²) in [4.78, 5) is 29.6. The Hall–Kier alpha value is -3.23. The van der Waals surface area contributed by atoms with Gasteiger partial charge in [0.25, 0.3) is 5.91 Å². The number of nitrogens with zero attached hydrogens (tertiary/aromatic N) is 3. The van der Waals surface area contributed by atoms with Gasteiger partial charge in [-0.15, -0.1) is 0 Å². The van der Waals surface area contributed by atoms with E-state index in [1.165, 1.54) is 17.3 Å². The third-order valence-electron chi connectivity index (χ3n) is 5.90. The second-order valence-corrected chi connectivity index (χ2v) is 10.6. The molecule has 35 heavy (non-hydrogen) atoms. The minimum Gasteiger partial charge on any atom is -0.326 e. The number of rotatable bonds is 5. The molecule has 0 saturated heterocycles. The van der Waals surface area contributed by atoms with Gasteiger partial charge in [-0.3, -0.25) is 9.59 Å². The van der Waals surface area contributed by atoms with Gasteiger partial charge in [-0.25, -0.2) is 5.01 Å². The van der Waals surface area contributed by atoms with E-state index in [0.717, 1.165) is 21.3 Å². The van der Waals surface area contributed by atoms with Crippen molar-refractivity contribution in [2.24, 2.45) is 10.1 Å². The normalized spacial score (nSPS) is 19.5. The van der Waals surface area contributed by atoms with Crippen LogP contribution in [-0.2, 0) is 9.59 Å². The van der Waals surface area contributed by atoms with Crippen molar-refractivity contribution in [1.29, 1.82) is 0 Å². The molecule has 2 heterocycles. The van der Waals surface area contributed by atoms with Crippen molar-refractivity contribution < 1.29 is 9.59 Å². The van der Waals surface area contributed by atoms with Crippen molar-refractivity contribution in [3.63, 3.8) is 0 Å². The molecule has 2 aliphatic heterocycles. The Morgan fingerprint density at radius 2 is 1.77 bits per heavy atom. The number of halogens is 1. The Balaban J connectivity index is 1.36. The lowest BCUT2D eigenvalue weighted by atomic mass is 9.98. The van der Waals surface area contributed by atoms with E-state index in [0.29, 0.717) is 17.3 Å². The van der Waals surface area contributed by atoms with Gasteiger partial charge in [-0.2, -0.15) is 10.1 Å². The van der Waals surface area contributed by atoms with Crippen LogP contribution < -0.4 is 5.32 Å². The molecular formula is C27H23BrN4O2S. The Bertz CT molecular complexity index is 1310. The molecular weight excluding hydrogens is 524 g/mol. The van der Waals surface area contributed by atoms with Crippen LogP contribution in [0.25, 0.3) is 0 Å². The van der Waals surface area contributed by atoms with E-state index in [4.69, 9.17) is 5.10 Å². The summed E-state index contributed by atoms with van der Waals surface area (Å²) in [6.45, 7) is 2.06. The van der Waals surface area contributed by atoms with Crippen LogP contribution in [-0.4, -0.2) is 33.0 Å². The van der Waals surface area contributed by atoms with Crippen LogP contribution in [0.2, 0.25) is 0 Å². The maximum absolute atomic E-state index is 12.7. The molecule has 3 aromatic rings. The zero-order valence-corrected chi connectivity index (χ0v) is 21.4. The van der Waals surface area contributed by atoms with E-state index in [-0.39, 0.29) is 24.3 Å². The van der Waals surface area contributed by atoms with Gasteiger partial charge in [0, 0.05) is 23.0 Å². The topological polar surface area (TPSA) is 74.1 Å². The van der Waals surface area contributed by atoms with Gasteiger partial charge < -0.3 is 5.32 Å². The number of hydrogen-bond acceptors (Lipinski definition) is 5. The van der Waals surface area contributed by atoms with Gasteiger partial charge in [0.05, 0.1) is 11.8 Å². The van der Waals surface area contributed by atoms with E-state index in [1.54, 1.807) is 0 Å². The van der Waals surface area contributed by atoms with Gasteiger partial charge >= 0.3 is 0 Å². The lowest BCUT2D eigenvalue weighted by Crippen LogP contribution is -2.25. The SMILES string of the molecule is Cc1ccc([C@H]2CC(c3ccc(Br)cc3)=NN2C2=NC(=O)[C@@H](CC(=O)Nc3ccccc3)S2)cc1. The number of carbonyl (C=O) groups is 2. The Labute approximate surface area is 216 Å².